The summed E-state index contributed by atoms with van der Waals surface area (Å²) in [6.07, 6.45) is 2.67. The van der Waals surface area contributed by atoms with Crippen molar-refractivity contribution < 1.29 is 9.59 Å². The first kappa shape index (κ1) is 18.9. The minimum absolute atomic E-state index is 0.0482. The van der Waals surface area contributed by atoms with Crippen molar-refractivity contribution in [2.45, 2.75) is 23.9 Å². The first-order chi connectivity index (χ1) is 14.6. The van der Waals surface area contributed by atoms with E-state index in [1.807, 2.05) is 65.5 Å². The highest BCUT2D eigenvalue weighted by Crippen LogP contribution is 2.35. The zero-order valence-electron chi connectivity index (χ0n) is 16.7. The number of likely N-dealkylation sites (N-methyl/N-ethyl adjacent to an activating group) is 1. The van der Waals surface area contributed by atoms with Crippen molar-refractivity contribution in [3.8, 4) is 0 Å². The number of aromatic nitrogens is 2. The third kappa shape index (κ3) is 3.29. The van der Waals surface area contributed by atoms with Crippen LogP contribution in [0.5, 0.6) is 0 Å². The van der Waals surface area contributed by atoms with Gasteiger partial charge in [-0.25, -0.2) is 0 Å². The fourth-order valence-corrected chi connectivity index (χ4v) is 5.30. The Morgan fingerprint density at radius 3 is 2.67 bits per heavy atom. The third-order valence-corrected chi connectivity index (χ3v) is 6.86. The van der Waals surface area contributed by atoms with E-state index in [1.165, 1.54) is 0 Å². The van der Waals surface area contributed by atoms with E-state index in [9.17, 15) is 9.59 Å². The van der Waals surface area contributed by atoms with E-state index in [4.69, 9.17) is 0 Å². The molecule has 0 spiro atoms. The van der Waals surface area contributed by atoms with Crippen LogP contribution in [0.15, 0.2) is 65.7 Å². The van der Waals surface area contributed by atoms with Gasteiger partial charge in [0.25, 0.3) is 5.91 Å². The van der Waals surface area contributed by atoms with Crippen LogP contribution in [0.4, 0.5) is 5.69 Å². The van der Waals surface area contributed by atoms with E-state index in [-0.39, 0.29) is 11.8 Å². The molecule has 1 aromatic heterocycles. The Morgan fingerprint density at radius 1 is 1.07 bits per heavy atom. The van der Waals surface area contributed by atoms with E-state index in [0.717, 1.165) is 21.7 Å². The molecule has 0 saturated heterocycles. The summed E-state index contributed by atoms with van der Waals surface area (Å²) in [6, 6.07) is 17.4. The van der Waals surface area contributed by atoms with Gasteiger partial charge in [-0.1, -0.05) is 42.5 Å². The SMILES string of the molecule is CN1C(=O)[C@@H](N2CCc3cn(Cc4ccccc4)nc3C2=O)CSc2ccccc21. The molecule has 2 amide bonds. The molecule has 0 unspecified atom stereocenters. The summed E-state index contributed by atoms with van der Waals surface area (Å²) in [5, 5.41) is 4.57. The molecule has 0 radical (unpaired) electrons. The zero-order valence-corrected chi connectivity index (χ0v) is 17.5. The Morgan fingerprint density at radius 2 is 1.83 bits per heavy atom. The molecule has 2 aromatic carbocycles. The maximum atomic E-state index is 13.3. The van der Waals surface area contributed by atoms with Gasteiger partial charge < -0.3 is 9.80 Å². The molecule has 0 bridgehead atoms. The average Bonchev–Trinajstić information content (AvgIpc) is 3.13. The topological polar surface area (TPSA) is 58.4 Å². The minimum Gasteiger partial charge on any atom is -0.324 e. The highest BCUT2D eigenvalue weighted by atomic mass is 32.2. The zero-order chi connectivity index (χ0) is 20.7. The van der Waals surface area contributed by atoms with Crippen LogP contribution in [0.1, 0.15) is 21.6 Å². The fraction of sp³-hybridized carbons (Fsp3) is 0.261. The molecule has 0 aliphatic carbocycles. The maximum Gasteiger partial charge on any atom is 0.275 e. The molecule has 152 valence electrons. The van der Waals surface area contributed by atoms with Gasteiger partial charge in [-0.3, -0.25) is 14.3 Å². The normalized spacial score (nSPS) is 18.8. The molecule has 30 heavy (non-hydrogen) atoms. The van der Waals surface area contributed by atoms with Gasteiger partial charge in [-0.05, 0) is 24.1 Å². The summed E-state index contributed by atoms with van der Waals surface area (Å²) in [7, 11) is 1.79. The second kappa shape index (κ2) is 7.65. The predicted octanol–water partition coefficient (Wildman–Crippen LogP) is 3.07. The van der Waals surface area contributed by atoms with Crippen LogP contribution in [0.3, 0.4) is 0 Å². The van der Waals surface area contributed by atoms with Gasteiger partial charge in [0.1, 0.15) is 6.04 Å². The van der Waals surface area contributed by atoms with Crippen LogP contribution in [0.2, 0.25) is 0 Å². The number of hydrogen-bond donors (Lipinski definition) is 0. The monoisotopic (exact) mass is 418 g/mol. The van der Waals surface area contributed by atoms with E-state index in [2.05, 4.69) is 5.10 Å². The van der Waals surface area contributed by atoms with Crippen molar-refractivity contribution in [1.29, 1.82) is 0 Å². The van der Waals surface area contributed by atoms with Crippen LogP contribution in [0.25, 0.3) is 0 Å². The highest BCUT2D eigenvalue weighted by Gasteiger charge is 2.39. The van der Waals surface area contributed by atoms with Crippen LogP contribution in [-0.2, 0) is 17.8 Å². The molecule has 7 heteroatoms. The summed E-state index contributed by atoms with van der Waals surface area (Å²) in [6.45, 7) is 1.15. The molecular weight excluding hydrogens is 396 g/mol. The number of carbonyl (C=O) groups excluding carboxylic acids is 2. The molecule has 3 heterocycles. The number of carbonyl (C=O) groups is 2. The Balaban J connectivity index is 1.39. The molecule has 6 nitrogen and oxygen atoms in total. The average molecular weight is 419 g/mol. The molecule has 2 aliphatic heterocycles. The molecular formula is C23H22N4O2S. The number of para-hydroxylation sites is 1. The van der Waals surface area contributed by atoms with Gasteiger partial charge in [0.15, 0.2) is 5.69 Å². The second-order valence-electron chi connectivity index (χ2n) is 7.63. The smallest absolute Gasteiger partial charge is 0.275 e. The summed E-state index contributed by atoms with van der Waals surface area (Å²) >= 11 is 1.63. The van der Waals surface area contributed by atoms with Gasteiger partial charge in [0.2, 0.25) is 5.91 Å². The molecule has 2 aliphatic rings. The summed E-state index contributed by atoms with van der Waals surface area (Å²) in [4.78, 5) is 30.9. The summed E-state index contributed by atoms with van der Waals surface area (Å²) in [5.41, 5.74) is 3.46. The number of rotatable bonds is 3. The lowest BCUT2D eigenvalue weighted by Crippen LogP contribution is -2.53. The van der Waals surface area contributed by atoms with Gasteiger partial charge in [-0.15, -0.1) is 11.8 Å². The first-order valence-electron chi connectivity index (χ1n) is 10.0. The molecule has 3 aromatic rings. The van der Waals surface area contributed by atoms with Gasteiger partial charge >= 0.3 is 0 Å². The van der Waals surface area contributed by atoms with Gasteiger partial charge in [0.05, 0.1) is 12.2 Å². The Bertz CT molecular complexity index is 1110. The summed E-state index contributed by atoms with van der Waals surface area (Å²) in [5.74, 6) is 0.348. The Labute approximate surface area is 179 Å². The fourth-order valence-electron chi connectivity index (χ4n) is 4.11. The standard InChI is InChI=1S/C23H22N4O2S/c1-25-18-9-5-6-10-20(18)30-15-19(22(25)28)27-12-11-17-14-26(24-21(17)23(27)29)13-16-7-3-2-4-8-16/h2-10,14,19H,11-13,15H2,1H3/t19-/m0/s1. The van der Waals surface area contributed by atoms with Crippen LogP contribution in [0, 0.1) is 0 Å². The van der Waals surface area contributed by atoms with Crippen molar-refractivity contribution in [3.05, 3.63) is 77.6 Å². The van der Waals surface area contributed by atoms with Crippen LogP contribution < -0.4 is 4.90 Å². The van der Waals surface area contributed by atoms with Gasteiger partial charge in [0, 0.05) is 36.0 Å². The largest absolute Gasteiger partial charge is 0.324 e. The summed E-state index contributed by atoms with van der Waals surface area (Å²) < 4.78 is 1.83. The van der Waals surface area contributed by atoms with Crippen molar-refractivity contribution >= 4 is 29.3 Å². The van der Waals surface area contributed by atoms with E-state index in [0.29, 0.717) is 31.0 Å². The highest BCUT2D eigenvalue weighted by molar-refractivity contribution is 7.99. The lowest BCUT2D eigenvalue weighted by molar-refractivity contribution is -0.122. The van der Waals surface area contributed by atoms with Crippen molar-refractivity contribution in [2.24, 2.45) is 0 Å². The number of hydrogen-bond acceptors (Lipinski definition) is 4. The number of amides is 2. The Kier molecular flexibility index (Phi) is 4.83. The lowest BCUT2D eigenvalue weighted by atomic mass is 10.0. The molecule has 0 saturated carbocycles. The molecule has 0 fully saturated rings. The maximum absolute atomic E-state index is 13.3. The number of nitrogens with zero attached hydrogens (tertiary/aromatic N) is 4. The number of anilines is 1. The molecule has 0 N–H and O–H groups in total. The lowest BCUT2D eigenvalue weighted by Gasteiger charge is -2.33. The molecule has 1 atom stereocenters. The van der Waals surface area contributed by atoms with E-state index < -0.39 is 6.04 Å². The van der Waals surface area contributed by atoms with E-state index >= 15 is 0 Å². The third-order valence-electron chi connectivity index (χ3n) is 5.73. The van der Waals surface area contributed by atoms with Gasteiger partial charge in [-0.2, -0.15) is 5.10 Å². The van der Waals surface area contributed by atoms with Crippen molar-refractivity contribution in [1.82, 2.24) is 14.7 Å². The van der Waals surface area contributed by atoms with Crippen LogP contribution >= 0.6 is 11.8 Å². The quantitative estimate of drug-likeness (QED) is 0.656. The van der Waals surface area contributed by atoms with E-state index in [1.54, 1.807) is 28.6 Å². The Hall–Kier alpha value is -3.06. The second-order valence-corrected chi connectivity index (χ2v) is 8.69. The van der Waals surface area contributed by atoms with Crippen molar-refractivity contribution in [3.63, 3.8) is 0 Å². The predicted molar refractivity (Wildman–Crippen MR) is 117 cm³/mol. The van der Waals surface area contributed by atoms with Crippen molar-refractivity contribution in [2.75, 3.05) is 24.2 Å². The molecule has 5 rings (SSSR count). The number of thioether (sulfide) groups is 1. The van der Waals surface area contributed by atoms with Crippen LogP contribution in [-0.4, -0.2) is 51.9 Å². The number of fused-ring (bicyclic) bond motifs is 2. The first-order valence-corrected chi connectivity index (χ1v) is 11.0. The number of benzene rings is 2. The minimum atomic E-state index is -0.493.